The predicted molar refractivity (Wildman–Crippen MR) is 109 cm³/mol. The first-order valence-corrected chi connectivity index (χ1v) is 10.6. The number of benzene rings is 1. The molecule has 142 valence electrons. The largest absolute Gasteiger partial charge is 0.508 e. The summed E-state index contributed by atoms with van der Waals surface area (Å²) in [4.78, 5) is 0. The van der Waals surface area contributed by atoms with Crippen molar-refractivity contribution in [2.24, 2.45) is 10.8 Å². The summed E-state index contributed by atoms with van der Waals surface area (Å²) in [5, 5.41) is 10.3. The molecule has 0 saturated heterocycles. The van der Waals surface area contributed by atoms with Crippen LogP contribution in [0.4, 0.5) is 0 Å². The normalized spacial score (nSPS) is 16.2. The summed E-state index contributed by atoms with van der Waals surface area (Å²) in [6.45, 7) is 9.37. The molecule has 0 heterocycles. The van der Waals surface area contributed by atoms with Gasteiger partial charge in [0.15, 0.2) is 0 Å². The molecule has 1 nitrogen and oxygen atoms in total. The lowest BCUT2D eigenvalue weighted by atomic mass is 9.89. The third kappa shape index (κ3) is 8.29. The lowest BCUT2D eigenvalue weighted by Gasteiger charge is -2.17. The van der Waals surface area contributed by atoms with Crippen LogP contribution in [-0.2, 0) is 12.8 Å². The van der Waals surface area contributed by atoms with E-state index in [4.69, 9.17) is 0 Å². The van der Waals surface area contributed by atoms with Crippen LogP contribution in [0, 0.1) is 10.8 Å². The molecule has 1 saturated carbocycles. The van der Waals surface area contributed by atoms with Gasteiger partial charge in [0.1, 0.15) is 5.75 Å². The number of phenolic OH excluding ortho intramolecular Hbond substituents is 1. The van der Waals surface area contributed by atoms with Gasteiger partial charge in [-0.1, -0.05) is 65.5 Å². The summed E-state index contributed by atoms with van der Waals surface area (Å²) in [5.41, 5.74) is 3.56. The number of unbranched alkanes of at least 4 members (excludes halogenated alkanes) is 4. The maximum atomic E-state index is 10.3. The topological polar surface area (TPSA) is 20.2 Å². The number of aryl methyl sites for hydroxylation is 2. The minimum absolute atomic E-state index is 0.470. The first-order chi connectivity index (χ1) is 11.8. The van der Waals surface area contributed by atoms with Gasteiger partial charge in [-0.25, -0.2) is 0 Å². The van der Waals surface area contributed by atoms with Gasteiger partial charge in [0.2, 0.25) is 0 Å². The van der Waals surface area contributed by atoms with Crippen molar-refractivity contribution in [3.8, 4) is 5.75 Å². The molecule has 1 fully saturated rings. The molecule has 0 aliphatic heterocycles. The van der Waals surface area contributed by atoms with E-state index >= 15 is 0 Å². The van der Waals surface area contributed by atoms with E-state index in [0.717, 1.165) is 18.4 Å². The Kier molecular flexibility index (Phi) is 7.40. The summed E-state index contributed by atoms with van der Waals surface area (Å²) >= 11 is 0. The van der Waals surface area contributed by atoms with Crippen LogP contribution in [0.15, 0.2) is 18.2 Å². The molecular weight excluding hydrogens is 304 g/mol. The standard InChI is InChI=1S/C24H40O/c1-23(2,3)15-9-6-5-7-11-20-13-14-21(22(25)19-20)12-8-10-16-24(4)17-18-24/h13-14,19,25H,5-12,15-18H2,1-4H3. The van der Waals surface area contributed by atoms with Crippen molar-refractivity contribution < 1.29 is 5.11 Å². The van der Waals surface area contributed by atoms with Gasteiger partial charge in [0.05, 0.1) is 0 Å². The molecule has 1 heteroatoms. The number of hydrogen-bond acceptors (Lipinski definition) is 1. The van der Waals surface area contributed by atoms with Crippen LogP contribution in [0.3, 0.4) is 0 Å². The van der Waals surface area contributed by atoms with Gasteiger partial charge in [0.25, 0.3) is 0 Å². The molecule has 0 unspecified atom stereocenters. The molecule has 1 aromatic carbocycles. The highest BCUT2D eigenvalue weighted by Crippen LogP contribution is 2.49. The van der Waals surface area contributed by atoms with Crippen molar-refractivity contribution in [1.82, 2.24) is 0 Å². The van der Waals surface area contributed by atoms with E-state index in [-0.39, 0.29) is 0 Å². The average molecular weight is 345 g/mol. The van der Waals surface area contributed by atoms with E-state index in [1.165, 1.54) is 69.8 Å². The van der Waals surface area contributed by atoms with Gasteiger partial charge in [-0.15, -0.1) is 0 Å². The molecule has 0 spiro atoms. The molecule has 1 aromatic rings. The van der Waals surface area contributed by atoms with Crippen molar-refractivity contribution in [1.29, 1.82) is 0 Å². The van der Waals surface area contributed by atoms with Crippen LogP contribution in [0.1, 0.15) is 103 Å². The van der Waals surface area contributed by atoms with Gasteiger partial charge in [0, 0.05) is 0 Å². The zero-order chi connectivity index (χ0) is 18.3. The monoisotopic (exact) mass is 344 g/mol. The molecule has 1 aliphatic carbocycles. The number of aromatic hydroxyl groups is 1. The van der Waals surface area contributed by atoms with Crippen molar-refractivity contribution >= 4 is 0 Å². The highest BCUT2D eigenvalue weighted by Gasteiger charge is 2.35. The zero-order valence-corrected chi connectivity index (χ0v) is 17.2. The van der Waals surface area contributed by atoms with Gasteiger partial charge in [-0.3, -0.25) is 0 Å². The molecule has 1 N–H and O–H groups in total. The minimum Gasteiger partial charge on any atom is -0.508 e. The van der Waals surface area contributed by atoms with E-state index in [1.54, 1.807) is 0 Å². The van der Waals surface area contributed by atoms with Crippen molar-refractivity contribution in [3.63, 3.8) is 0 Å². The molecule has 0 bridgehead atoms. The first-order valence-electron chi connectivity index (χ1n) is 10.6. The summed E-state index contributed by atoms with van der Waals surface area (Å²) in [7, 11) is 0. The maximum absolute atomic E-state index is 10.3. The molecule has 0 aromatic heterocycles. The molecular formula is C24H40O. The summed E-state index contributed by atoms with van der Waals surface area (Å²) in [6, 6.07) is 6.39. The fourth-order valence-corrected chi connectivity index (χ4v) is 3.64. The van der Waals surface area contributed by atoms with Crippen molar-refractivity contribution in [3.05, 3.63) is 29.3 Å². The second-order valence-electron chi connectivity index (χ2n) is 9.96. The second kappa shape index (κ2) is 9.10. The van der Waals surface area contributed by atoms with E-state index in [0.29, 0.717) is 16.6 Å². The Morgan fingerprint density at radius 1 is 0.920 bits per heavy atom. The molecule has 0 amide bonds. The number of phenols is 1. The smallest absolute Gasteiger partial charge is 0.119 e. The Bertz CT molecular complexity index is 519. The second-order valence-corrected chi connectivity index (χ2v) is 9.96. The van der Waals surface area contributed by atoms with Crippen LogP contribution >= 0.6 is 0 Å². The molecule has 1 aliphatic rings. The summed E-state index contributed by atoms with van der Waals surface area (Å²) in [5.74, 6) is 0.517. The quantitative estimate of drug-likeness (QED) is 0.413. The van der Waals surface area contributed by atoms with Crippen LogP contribution in [-0.4, -0.2) is 5.11 Å². The average Bonchev–Trinajstić information content (AvgIpc) is 3.26. The minimum atomic E-state index is 0.470. The van der Waals surface area contributed by atoms with Crippen LogP contribution in [0.25, 0.3) is 0 Å². The predicted octanol–water partition coefficient (Wildman–Crippen LogP) is 7.44. The summed E-state index contributed by atoms with van der Waals surface area (Å²) in [6.07, 6.45) is 15.4. The Morgan fingerprint density at radius 3 is 2.24 bits per heavy atom. The van der Waals surface area contributed by atoms with Crippen LogP contribution < -0.4 is 0 Å². The molecule has 0 atom stereocenters. The molecule has 0 radical (unpaired) electrons. The Labute approximate surface area is 156 Å². The fraction of sp³-hybridized carbons (Fsp3) is 0.750. The van der Waals surface area contributed by atoms with Gasteiger partial charge >= 0.3 is 0 Å². The van der Waals surface area contributed by atoms with Crippen molar-refractivity contribution in [2.45, 2.75) is 105 Å². The highest BCUT2D eigenvalue weighted by atomic mass is 16.3. The van der Waals surface area contributed by atoms with Crippen LogP contribution in [0.5, 0.6) is 5.75 Å². The lowest BCUT2D eigenvalue weighted by molar-refractivity contribution is 0.357. The van der Waals surface area contributed by atoms with Crippen LogP contribution in [0.2, 0.25) is 0 Å². The molecule has 25 heavy (non-hydrogen) atoms. The highest BCUT2D eigenvalue weighted by molar-refractivity contribution is 5.36. The van der Waals surface area contributed by atoms with E-state index in [1.807, 2.05) is 6.07 Å². The van der Waals surface area contributed by atoms with Gasteiger partial charge < -0.3 is 5.11 Å². The Morgan fingerprint density at radius 2 is 1.60 bits per heavy atom. The number of rotatable bonds is 11. The van der Waals surface area contributed by atoms with Crippen molar-refractivity contribution in [2.75, 3.05) is 0 Å². The van der Waals surface area contributed by atoms with E-state index in [2.05, 4.69) is 39.8 Å². The SMILES string of the molecule is CC(C)(C)CCCCCCc1ccc(CCCCC2(C)CC2)c(O)c1. The van der Waals surface area contributed by atoms with Gasteiger partial charge in [-0.05, 0) is 79.4 Å². The van der Waals surface area contributed by atoms with Gasteiger partial charge in [-0.2, -0.15) is 0 Å². The van der Waals surface area contributed by atoms with E-state index in [9.17, 15) is 5.11 Å². The third-order valence-electron chi connectivity index (χ3n) is 5.87. The lowest BCUT2D eigenvalue weighted by Crippen LogP contribution is -2.03. The maximum Gasteiger partial charge on any atom is 0.119 e. The summed E-state index contributed by atoms with van der Waals surface area (Å²) < 4.78 is 0. The fourth-order valence-electron chi connectivity index (χ4n) is 3.64. The van der Waals surface area contributed by atoms with E-state index < -0.39 is 0 Å². The zero-order valence-electron chi connectivity index (χ0n) is 17.2. The Balaban J connectivity index is 1.61. The Hall–Kier alpha value is -0.980. The third-order valence-corrected chi connectivity index (χ3v) is 5.87. The first kappa shape index (κ1) is 20.3. The number of hydrogen-bond donors (Lipinski definition) is 1. The molecule has 2 rings (SSSR count).